The summed E-state index contributed by atoms with van der Waals surface area (Å²) in [4.78, 5) is 4.12. The topological polar surface area (TPSA) is 43.8 Å². The number of aromatic nitrogens is 2. The van der Waals surface area contributed by atoms with Crippen LogP contribution in [0.15, 0.2) is 36.4 Å². The Kier molecular flexibility index (Phi) is 2.84. The van der Waals surface area contributed by atoms with Gasteiger partial charge in [0, 0.05) is 16.1 Å². The number of nitrogen functional groups attached to an aromatic ring is 1. The van der Waals surface area contributed by atoms with Crippen LogP contribution in [0, 0.1) is 5.82 Å². The van der Waals surface area contributed by atoms with Crippen molar-refractivity contribution in [3.63, 3.8) is 0 Å². The van der Waals surface area contributed by atoms with Crippen LogP contribution < -0.4 is 5.73 Å². The molecule has 2 N–H and O–H groups in total. The second-order valence-electron chi connectivity index (χ2n) is 4.07. The Labute approximate surface area is 118 Å². The van der Waals surface area contributed by atoms with Crippen LogP contribution in [0.4, 0.5) is 10.3 Å². The molecule has 0 unspecified atom stereocenters. The van der Waals surface area contributed by atoms with E-state index in [2.05, 4.69) is 4.98 Å². The molecule has 1 aromatic heterocycles. The quantitative estimate of drug-likeness (QED) is 0.736. The highest BCUT2D eigenvalue weighted by Crippen LogP contribution is 2.27. The highest BCUT2D eigenvalue weighted by Gasteiger charge is 2.11. The van der Waals surface area contributed by atoms with E-state index >= 15 is 0 Å². The lowest BCUT2D eigenvalue weighted by Gasteiger charge is -2.07. The van der Waals surface area contributed by atoms with Gasteiger partial charge in [0.25, 0.3) is 0 Å². The molecule has 0 bridgehead atoms. The second-order valence-corrected chi connectivity index (χ2v) is 4.94. The molecule has 19 heavy (non-hydrogen) atoms. The predicted molar refractivity (Wildman–Crippen MR) is 75.5 cm³/mol. The van der Waals surface area contributed by atoms with Gasteiger partial charge in [-0.1, -0.05) is 23.2 Å². The Bertz CT molecular complexity index is 763. The molecule has 96 valence electrons. The molecule has 0 amide bonds. The lowest BCUT2D eigenvalue weighted by Crippen LogP contribution is -2.00. The monoisotopic (exact) mass is 295 g/mol. The lowest BCUT2D eigenvalue weighted by molar-refractivity contribution is 0.629. The number of imidazole rings is 1. The number of hydrogen-bond donors (Lipinski definition) is 1. The molecule has 3 aromatic rings. The Balaban J connectivity index is 2.32. The van der Waals surface area contributed by atoms with Gasteiger partial charge >= 0.3 is 0 Å². The van der Waals surface area contributed by atoms with Gasteiger partial charge in [-0.05, 0) is 30.3 Å². The van der Waals surface area contributed by atoms with Gasteiger partial charge in [0.1, 0.15) is 5.82 Å². The van der Waals surface area contributed by atoms with Crippen LogP contribution in [0.2, 0.25) is 10.0 Å². The number of nitrogens with zero attached hydrogens (tertiary/aromatic N) is 2. The SMILES string of the molecule is Nc1nc2cc(F)ccc2n1-c1cc(Cl)cc(Cl)c1. The highest BCUT2D eigenvalue weighted by atomic mass is 35.5. The molecule has 0 aliphatic rings. The first-order chi connectivity index (χ1) is 9.04. The van der Waals surface area contributed by atoms with E-state index < -0.39 is 0 Å². The van der Waals surface area contributed by atoms with Crippen molar-refractivity contribution in [2.45, 2.75) is 0 Å². The average molecular weight is 296 g/mol. The molecular weight excluding hydrogens is 288 g/mol. The van der Waals surface area contributed by atoms with Crippen LogP contribution in [0.1, 0.15) is 0 Å². The Hall–Kier alpha value is -1.78. The summed E-state index contributed by atoms with van der Waals surface area (Å²) in [6.45, 7) is 0. The molecule has 0 aliphatic heterocycles. The van der Waals surface area contributed by atoms with E-state index in [1.807, 2.05) is 0 Å². The molecule has 3 rings (SSSR count). The molecule has 3 nitrogen and oxygen atoms in total. The van der Waals surface area contributed by atoms with E-state index in [1.165, 1.54) is 12.1 Å². The normalized spacial score (nSPS) is 11.1. The first kappa shape index (κ1) is 12.3. The van der Waals surface area contributed by atoms with E-state index in [1.54, 1.807) is 28.8 Å². The number of nitrogens with two attached hydrogens (primary N) is 1. The van der Waals surface area contributed by atoms with Crippen LogP contribution >= 0.6 is 23.2 Å². The molecule has 0 aliphatic carbocycles. The van der Waals surface area contributed by atoms with Crippen LogP contribution in [-0.2, 0) is 0 Å². The number of rotatable bonds is 1. The van der Waals surface area contributed by atoms with E-state index in [9.17, 15) is 4.39 Å². The zero-order chi connectivity index (χ0) is 13.6. The summed E-state index contributed by atoms with van der Waals surface area (Å²) in [5, 5.41) is 0.983. The molecule has 6 heteroatoms. The minimum Gasteiger partial charge on any atom is -0.369 e. The summed E-state index contributed by atoms with van der Waals surface area (Å²) in [5.74, 6) is -0.111. The molecule has 0 atom stereocenters. The smallest absolute Gasteiger partial charge is 0.205 e. The van der Waals surface area contributed by atoms with Gasteiger partial charge in [-0.25, -0.2) is 9.37 Å². The van der Waals surface area contributed by atoms with Gasteiger partial charge in [0.15, 0.2) is 0 Å². The molecule has 0 fully saturated rings. The van der Waals surface area contributed by atoms with Gasteiger partial charge in [0.2, 0.25) is 5.95 Å². The third-order valence-corrected chi connectivity index (χ3v) is 3.18. The molecule has 0 saturated carbocycles. The fourth-order valence-corrected chi connectivity index (χ4v) is 2.53. The van der Waals surface area contributed by atoms with Gasteiger partial charge in [-0.15, -0.1) is 0 Å². The maximum absolute atomic E-state index is 13.2. The number of anilines is 1. The largest absolute Gasteiger partial charge is 0.369 e. The molecule has 2 aromatic carbocycles. The zero-order valence-corrected chi connectivity index (χ0v) is 11.1. The van der Waals surface area contributed by atoms with Crippen LogP contribution in [0.3, 0.4) is 0 Å². The van der Waals surface area contributed by atoms with E-state index in [0.717, 1.165) is 0 Å². The van der Waals surface area contributed by atoms with Crippen molar-refractivity contribution in [2.75, 3.05) is 5.73 Å². The number of fused-ring (bicyclic) bond motifs is 1. The van der Waals surface area contributed by atoms with Crippen molar-refractivity contribution < 1.29 is 4.39 Å². The van der Waals surface area contributed by atoms with Gasteiger partial charge in [-0.2, -0.15) is 0 Å². The minimum absolute atomic E-state index is 0.249. The van der Waals surface area contributed by atoms with Crippen molar-refractivity contribution in [2.24, 2.45) is 0 Å². The van der Waals surface area contributed by atoms with Crippen LogP contribution in [-0.4, -0.2) is 9.55 Å². The van der Waals surface area contributed by atoms with Crippen molar-refractivity contribution in [1.82, 2.24) is 9.55 Å². The molecule has 0 spiro atoms. The zero-order valence-electron chi connectivity index (χ0n) is 9.57. The van der Waals surface area contributed by atoms with Crippen molar-refractivity contribution in [3.8, 4) is 5.69 Å². The highest BCUT2D eigenvalue weighted by molar-refractivity contribution is 6.34. The first-order valence-corrected chi connectivity index (χ1v) is 6.20. The summed E-state index contributed by atoms with van der Waals surface area (Å²) < 4.78 is 14.8. The maximum atomic E-state index is 13.2. The third-order valence-electron chi connectivity index (χ3n) is 2.75. The summed E-state index contributed by atoms with van der Waals surface area (Å²) in [5.41, 5.74) is 7.74. The summed E-state index contributed by atoms with van der Waals surface area (Å²) in [6, 6.07) is 9.35. The van der Waals surface area contributed by atoms with Crippen molar-refractivity contribution in [1.29, 1.82) is 0 Å². The fourth-order valence-electron chi connectivity index (χ4n) is 2.01. The van der Waals surface area contributed by atoms with Gasteiger partial charge in [0.05, 0.1) is 16.7 Å². The van der Waals surface area contributed by atoms with E-state index in [0.29, 0.717) is 26.8 Å². The summed E-state index contributed by atoms with van der Waals surface area (Å²) >= 11 is 12.0. The minimum atomic E-state index is -0.360. The summed E-state index contributed by atoms with van der Waals surface area (Å²) in [6.07, 6.45) is 0. The molecule has 0 saturated heterocycles. The Morgan fingerprint density at radius 3 is 2.42 bits per heavy atom. The van der Waals surface area contributed by atoms with E-state index in [4.69, 9.17) is 28.9 Å². The molecule has 0 radical (unpaired) electrons. The third kappa shape index (κ3) is 2.13. The number of halogens is 3. The second kappa shape index (κ2) is 4.40. The maximum Gasteiger partial charge on any atom is 0.205 e. The molecule has 1 heterocycles. The van der Waals surface area contributed by atoms with Gasteiger partial charge in [-0.3, -0.25) is 4.57 Å². The Morgan fingerprint density at radius 1 is 1.05 bits per heavy atom. The van der Waals surface area contributed by atoms with Crippen molar-refractivity contribution in [3.05, 3.63) is 52.3 Å². The average Bonchev–Trinajstić information content (AvgIpc) is 2.62. The number of benzene rings is 2. The predicted octanol–water partition coefficient (Wildman–Crippen LogP) is 4.05. The Morgan fingerprint density at radius 2 is 1.74 bits per heavy atom. The summed E-state index contributed by atoms with van der Waals surface area (Å²) in [7, 11) is 0. The number of hydrogen-bond acceptors (Lipinski definition) is 2. The van der Waals surface area contributed by atoms with Crippen molar-refractivity contribution >= 4 is 40.2 Å². The van der Waals surface area contributed by atoms with Crippen LogP contribution in [0.5, 0.6) is 0 Å². The van der Waals surface area contributed by atoms with Gasteiger partial charge < -0.3 is 5.73 Å². The van der Waals surface area contributed by atoms with E-state index in [-0.39, 0.29) is 11.8 Å². The first-order valence-electron chi connectivity index (χ1n) is 5.44. The lowest BCUT2D eigenvalue weighted by atomic mass is 10.2. The fraction of sp³-hybridized carbons (Fsp3) is 0. The molecular formula is C13H8Cl2FN3. The van der Waals surface area contributed by atoms with Crippen LogP contribution in [0.25, 0.3) is 16.7 Å². The standard InChI is InChI=1S/C13H8Cl2FN3/c14-7-3-8(15)5-10(4-7)19-12-2-1-9(16)6-11(12)18-13(19)17/h1-6H,(H2,17,18).